The molecule has 0 aromatic rings. The maximum absolute atomic E-state index is 13.2. The fraction of sp³-hybridized carbons (Fsp3) is 0.933. The predicted molar refractivity (Wildman–Crippen MR) is 149 cm³/mol. The van der Waals surface area contributed by atoms with E-state index in [2.05, 4.69) is 47.6 Å². The Kier molecular flexibility index (Phi) is 20.5. The summed E-state index contributed by atoms with van der Waals surface area (Å²) < 4.78 is 13.2. The molecule has 0 aromatic carbocycles. The van der Waals surface area contributed by atoms with Gasteiger partial charge >= 0.3 is 0 Å². The van der Waals surface area contributed by atoms with Crippen molar-refractivity contribution in [3.8, 4) is 0 Å². The van der Waals surface area contributed by atoms with Gasteiger partial charge in [0.05, 0.1) is 0 Å². The Hall–Kier alpha value is 0.100. The molecule has 2 aliphatic carbocycles. The largest absolute Gasteiger partial charge is 0.247 e. The molecule has 0 spiro atoms. The molecule has 192 valence electrons. The van der Waals surface area contributed by atoms with E-state index >= 15 is 0 Å². The summed E-state index contributed by atoms with van der Waals surface area (Å²) in [6, 6.07) is 0. The smallest absolute Gasteiger partial charge is 0.100 e. The fourth-order valence-electron chi connectivity index (χ4n) is 5.62. The minimum atomic E-state index is -0.485. The molecule has 1 heterocycles. The first-order valence-corrected chi connectivity index (χ1v) is 15.9. The zero-order valence-electron chi connectivity index (χ0n) is 23.3. The molecule has 1 aliphatic heterocycles. The van der Waals surface area contributed by atoms with Crippen LogP contribution in [-0.2, 0) is 0 Å². The Morgan fingerprint density at radius 3 is 1.72 bits per heavy atom. The van der Waals surface area contributed by atoms with Gasteiger partial charge in [0, 0.05) is 0 Å². The average Bonchev–Trinajstić information content (AvgIpc) is 2.84. The van der Waals surface area contributed by atoms with Crippen LogP contribution in [0.3, 0.4) is 0 Å². The zero-order chi connectivity index (χ0) is 24.4. The van der Waals surface area contributed by atoms with Gasteiger partial charge in [-0.3, -0.25) is 0 Å². The number of halogens is 1. The highest BCUT2D eigenvalue weighted by Crippen LogP contribution is 2.43. The average molecular weight is 471 g/mol. The number of hydrogen-bond acceptors (Lipinski definition) is 0. The molecule has 3 aliphatic rings. The Bertz CT molecular complexity index is 430. The summed E-state index contributed by atoms with van der Waals surface area (Å²) in [5, 5.41) is 0. The predicted octanol–water partition coefficient (Wildman–Crippen LogP) is 10.9. The van der Waals surface area contributed by atoms with Crippen molar-refractivity contribution in [2.45, 2.75) is 139 Å². The van der Waals surface area contributed by atoms with Gasteiger partial charge in [0.15, 0.2) is 0 Å². The molecule has 0 aromatic heterocycles. The van der Waals surface area contributed by atoms with Gasteiger partial charge in [-0.1, -0.05) is 99.1 Å². The van der Waals surface area contributed by atoms with Gasteiger partial charge in [-0.15, -0.1) is 8.58 Å². The van der Waals surface area contributed by atoms with E-state index in [0.717, 1.165) is 42.4 Å². The topological polar surface area (TPSA) is 0 Å². The van der Waals surface area contributed by atoms with Crippen LogP contribution in [-0.4, -0.2) is 18.5 Å². The van der Waals surface area contributed by atoms with Crippen molar-refractivity contribution in [2.75, 3.05) is 12.3 Å². The fourth-order valence-corrected chi connectivity index (χ4v) is 7.01. The van der Waals surface area contributed by atoms with E-state index in [1.165, 1.54) is 85.1 Å². The van der Waals surface area contributed by atoms with Crippen LogP contribution in [0.5, 0.6) is 0 Å². The van der Waals surface area contributed by atoms with Crippen LogP contribution in [0.15, 0.2) is 11.6 Å². The van der Waals surface area contributed by atoms with Crippen LogP contribution in [0.25, 0.3) is 0 Å². The van der Waals surface area contributed by atoms with E-state index in [4.69, 9.17) is 0 Å². The molecule has 2 heteroatoms. The quantitative estimate of drug-likeness (QED) is 0.256. The first kappa shape index (κ1) is 32.1. The van der Waals surface area contributed by atoms with Crippen molar-refractivity contribution in [1.82, 2.24) is 0 Å². The van der Waals surface area contributed by atoms with E-state index in [9.17, 15) is 4.39 Å². The van der Waals surface area contributed by atoms with Crippen molar-refractivity contribution >= 4 is 8.58 Å². The van der Waals surface area contributed by atoms with Crippen LogP contribution < -0.4 is 0 Å². The first-order chi connectivity index (χ1) is 15.5. The van der Waals surface area contributed by atoms with Crippen LogP contribution in [0.2, 0.25) is 0 Å². The maximum atomic E-state index is 13.2. The first-order valence-electron chi connectivity index (χ1n) is 14.5. The Morgan fingerprint density at radius 2 is 1.38 bits per heavy atom. The highest BCUT2D eigenvalue weighted by molar-refractivity contribution is 7.38. The number of rotatable bonds is 7. The van der Waals surface area contributed by atoms with Crippen molar-refractivity contribution in [3.63, 3.8) is 0 Å². The lowest BCUT2D eigenvalue weighted by Crippen LogP contribution is -2.29. The van der Waals surface area contributed by atoms with Gasteiger partial charge in [0.25, 0.3) is 0 Å². The van der Waals surface area contributed by atoms with E-state index in [-0.39, 0.29) is 0 Å². The lowest BCUT2D eigenvalue weighted by molar-refractivity contribution is 0.119. The summed E-state index contributed by atoms with van der Waals surface area (Å²) in [6.07, 6.45) is 19.9. The Morgan fingerprint density at radius 1 is 0.844 bits per heavy atom. The van der Waals surface area contributed by atoms with Crippen molar-refractivity contribution in [1.29, 1.82) is 0 Å². The van der Waals surface area contributed by atoms with Gasteiger partial charge in [-0.2, -0.15) is 0 Å². The lowest BCUT2D eigenvalue weighted by Gasteiger charge is -2.38. The second kappa shape index (κ2) is 20.5. The molecule has 3 atom stereocenters. The molecular weight excluding hydrogens is 410 g/mol. The van der Waals surface area contributed by atoms with E-state index in [1.807, 2.05) is 13.8 Å². The molecule has 0 amide bonds. The van der Waals surface area contributed by atoms with Crippen LogP contribution in [0.1, 0.15) is 132 Å². The Balaban J connectivity index is 0.000000532. The summed E-state index contributed by atoms with van der Waals surface area (Å²) in [6.45, 7) is 17.6. The van der Waals surface area contributed by atoms with Gasteiger partial charge in [-0.25, -0.2) is 4.39 Å². The SMILES string of the molecule is CC.CCC1=CC(C)C1C.CCCC(C1CCPCC1)C1CCC(F)CC1.CCCCC. The van der Waals surface area contributed by atoms with Crippen LogP contribution in [0, 0.1) is 29.6 Å². The van der Waals surface area contributed by atoms with Gasteiger partial charge in [0.1, 0.15) is 6.17 Å². The minimum absolute atomic E-state index is 0.485. The number of unbranched alkanes of at least 4 members (excludes halogenated alkanes) is 2. The van der Waals surface area contributed by atoms with Gasteiger partial charge < -0.3 is 0 Å². The van der Waals surface area contributed by atoms with Gasteiger partial charge in [-0.05, 0) is 86.9 Å². The maximum Gasteiger partial charge on any atom is 0.100 e. The standard InChI is InChI=1S/C15H28FP.C8H14.C5H12.C2H6/c1-2-3-15(13-8-10-17-11-9-13)12-4-6-14(16)7-5-12;1-4-8-5-6(2)7(8)3;1-3-5-4-2;1-2/h12-15,17H,2-11H2,1H3;5-7H,4H2,1-3H3;3-5H2,1-2H3;1-2H3. The molecule has 0 N–H and O–H groups in total. The second-order valence-corrected chi connectivity index (χ2v) is 11.6. The summed E-state index contributed by atoms with van der Waals surface area (Å²) >= 11 is 0. The normalized spacial score (nSPS) is 30.8. The van der Waals surface area contributed by atoms with Crippen LogP contribution in [0.4, 0.5) is 4.39 Å². The molecule has 32 heavy (non-hydrogen) atoms. The van der Waals surface area contributed by atoms with Crippen LogP contribution >= 0.6 is 8.58 Å². The molecule has 3 rings (SSSR count). The third-order valence-corrected chi connectivity index (χ3v) is 9.17. The highest BCUT2D eigenvalue weighted by Gasteiger charge is 2.32. The van der Waals surface area contributed by atoms with Crippen molar-refractivity contribution in [2.24, 2.45) is 29.6 Å². The zero-order valence-corrected chi connectivity index (χ0v) is 24.3. The lowest BCUT2D eigenvalue weighted by atomic mass is 9.70. The highest BCUT2D eigenvalue weighted by atomic mass is 31.1. The Labute approximate surface area is 205 Å². The molecular formula is C30H60FP. The second-order valence-electron chi connectivity index (χ2n) is 10.1. The number of hydrogen-bond donors (Lipinski definition) is 0. The molecule has 3 unspecified atom stereocenters. The molecule has 1 saturated carbocycles. The monoisotopic (exact) mass is 470 g/mol. The summed E-state index contributed by atoms with van der Waals surface area (Å²) in [4.78, 5) is 0. The van der Waals surface area contributed by atoms with Crippen molar-refractivity contribution in [3.05, 3.63) is 11.6 Å². The van der Waals surface area contributed by atoms with Gasteiger partial charge in [0.2, 0.25) is 0 Å². The molecule has 2 fully saturated rings. The van der Waals surface area contributed by atoms with E-state index < -0.39 is 6.17 Å². The summed E-state index contributed by atoms with van der Waals surface area (Å²) in [7, 11) is 1.23. The summed E-state index contributed by atoms with van der Waals surface area (Å²) in [5.41, 5.74) is 1.65. The molecule has 0 nitrogen and oxygen atoms in total. The van der Waals surface area contributed by atoms with E-state index in [0.29, 0.717) is 0 Å². The van der Waals surface area contributed by atoms with E-state index in [1.54, 1.807) is 5.57 Å². The minimum Gasteiger partial charge on any atom is -0.247 e. The summed E-state index contributed by atoms with van der Waals surface area (Å²) in [5.74, 6) is 4.49. The molecule has 1 saturated heterocycles. The number of alkyl halides is 1. The van der Waals surface area contributed by atoms with Crippen molar-refractivity contribution < 1.29 is 4.39 Å². The number of allylic oxidation sites excluding steroid dienone is 2. The molecule has 0 bridgehead atoms. The third-order valence-electron chi connectivity index (χ3n) is 7.88. The third kappa shape index (κ3) is 12.5. The molecule has 0 radical (unpaired) electrons.